The van der Waals surface area contributed by atoms with Crippen molar-refractivity contribution in [1.82, 2.24) is 10.6 Å². The molecule has 1 amide bonds. The van der Waals surface area contributed by atoms with Crippen LogP contribution in [0.2, 0.25) is 0 Å². The third-order valence-electron chi connectivity index (χ3n) is 7.60. The molecule has 0 radical (unpaired) electrons. The monoisotopic (exact) mass is 374 g/mol. The molecule has 5 fully saturated rings. The van der Waals surface area contributed by atoms with E-state index in [1.165, 1.54) is 30.4 Å². The minimum atomic E-state index is -0.0996. The van der Waals surface area contributed by atoms with Crippen molar-refractivity contribution < 1.29 is 4.79 Å². The molecule has 4 aliphatic carbocycles. The first-order valence-electron chi connectivity index (χ1n) is 10.2. The van der Waals surface area contributed by atoms with E-state index in [4.69, 9.17) is 0 Å². The van der Waals surface area contributed by atoms with Gasteiger partial charge in [-0.1, -0.05) is 29.8 Å². The van der Waals surface area contributed by atoms with Crippen molar-refractivity contribution in [2.75, 3.05) is 13.1 Å². The highest BCUT2D eigenvalue weighted by molar-refractivity contribution is 5.85. The van der Waals surface area contributed by atoms with Crippen LogP contribution in [-0.4, -0.2) is 25.0 Å². The number of halogens is 1. The minimum Gasteiger partial charge on any atom is -0.352 e. The first-order chi connectivity index (χ1) is 12.1. The highest BCUT2D eigenvalue weighted by Gasteiger charge is 2.61. The van der Waals surface area contributed by atoms with Crippen LogP contribution in [0, 0.1) is 24.2 Å². The van der Waals surface area contributed by atoms with Crippen LogP contribution >= 0.6 is 12.4 Å². The van der Waals surface area contributed by atoms with E-state index in [0.717, 1.165) is 50.6 Å². The second-order valence-electron chi connectivity index (χ2n) is 9.55. The number of rotatable bonds is 3. The molecule has 0 spiro atoms. The Labute approximate surface area is 163 Å². The smallest absolute Gasteiger partial charge is 0.226 e. The van der Waals surface area contributed by atoms with Gasteiger partial charge in [0, 0.05) is 12.6 Å². The summed E-state index contributed by atoms with van der Waals surface area (Å²) in [6.45, 7) is 4.14. The van der Waals surface area contributed by atoms with Gasteiger partial charge < -0.3 is 10.6 Å². The predicted molar refractivity (Wildman–Crippen MR) is 107 cm³/mol. The third-order valence-corrected chi connectivity index (χ3v) is 7.60. The lowest BCUT2D eigenvalue weighted by molar-refractivity contribution is -0.149. The second-order valence-corrected chi connectivity index (χ2v) is 9.55. The molecule has 1 saturated heterocycles. The molecular weight excluding hydrogens is 344 g/mol. The number of nitrogens with one attached hydrogen (secondary N) is 2. The molecule has 1 heterocycles. The van der Waals surface area contributed by atoms with Crippen LogP contribution in [0.15, 0.2) is 24.3 Å². The Hall–Kier alpha value is -1.06. The number of aryl methyl sites for hydroxylation is 1. The van der Waals surface area contributed by atoms with Crippen molar-refractivity contribution in [3.05, 3.63) is 35.4 Å². The summed E-state index contributed by atoms with van der Waals surface area (Å²) in [4.78, 5) is 13.3. The number of benzene rings is 1. The van der Waals surface area contributed by atoms with Gasteiger partial charge in [0.1, 0.15) is 0 Å². The van der Waals surface area contributed by atoms with Crippen LogP contribution in [0.1, 0.15) is 56.1 Å². The van der Waals surface area contributed by atoms with Crippen molar-refractivity contribution in [3.8, 4) is 0 Å². The number of hydrogen-bond donors (Lipinski definition) is 2. The van der Waals surface area contributed by atoms with E-state index in [2.05, 4.69) is 41.8 Å². The van der Waals surface area contributed by atoms with E-state index >= 15 is 0 Å². The molecule has 1 aromatic carbocycles. The highest BCUT2D eigenvalue weighted by atomic mass is 35.5. The normalized spacial score (nSPS) is 40.3. The summed E-state index contributed by atoms with van der Waals surface area (Å²) >= 11 is 0. The molecule has 4 heteroatoms. The zero-order chi connectivity index (χ0) is 17.1. The lowest BCUT2D eigenvalue weighted by atomic mass is 9.42. The van der Waals surface area contributed by atoms with E-state index < -0.39 is 0 Å². The molecule has 1 aromatic rings. The Kier molecular flexibility index (Phi) is 4.60. The van der Waals surface area contributed by atoms with Crippen LogP contribution in [0.4, 0.5) is 0 Å². The number of hydrogen-bond acceptors (Lipinski definition) is 2. The molecule has 0 aromatic heterocycles. The molecule has 2 N–H and O–H groups in total. The second kappa shape index (κ2) is 6.53. The minimum absolute atomic E-state index is 0. The van der Waals surface area contributed by atoms with Gasteiger partial charge in [0.05, 0.1) is 5.41 Å². The Morgan fingerprint density at radius 1 is 1.12 bits per heavy atom. The molecule has 6 rings (SSSR count). The Balaban J connectivity index is 0.00000168. The molecule has 26 heavy (non-hydrogen) atoms. The van der Waals surface area contributed by atoms with Crippen molar-refractivity contribution in [2.45, 2.75) is 63.3 Å². The molecule has 1 aliphatic heterocycles. The van der Waals surface area contributed by atoms with Gasteiger partial charge in [0.15, 0.2) is 0 Å². The zero-order valence-corrected chi connectivity index (χ0v) is 16.5. The van der Waals surface area contributed by atoms with Crippen molar-refractivity contribution in [3.63, 3.8) is 0 Å². The zero-order valence-electron chi connectivity index (χ0n) is 15.7. The maximum Gasteiger partial charge on any atom is 0.226 e. The van der Waals surface area contributed by atoms with E-state index in [-0.39, 0.29) is 23.2 Å². The molecule has 4 bridgehead atoms. The molecule has 5 aliphatic rings. The van der Waals surface area contributed by atoms with Crippen LogP contribution < -0.4 is 10.6 Å². The number of amides is 1. The summed E-state index contributed by atoms with van der Waals surface area (Å²) in [6, 6.07) is 9.54. The fourth-order valence-corrected chi connectivity index (χ4v) is 6.89. The molecule has 3 atom stereocenters. The van der Waals surface area contributed by atoms with Gasteiger partial charge in [0.2, 0.25) is 5.91 Å². The van der Waals surface area contributed by atoms with Crippen LogP contribution in [-0.2, 0) is 10.2 Å². The van der Waals surface area contributed by atoms with E-state index in [9.17, 15) is 4.79 Å². The summed E-state index contributed by atoms with van der Waals surface area (Å²) < 4.78 is 0. The molecule has 142 valence electrons. The molecular formula is C22H31ClN2O. The Morgan fingerprint density at radius 3 is 2.42 bits per heavy atom. The van der Waals surface area contributed by atoms with E-state index in [1.54, 1.807) is 0 Å². The largest absolute Gasteiger partial charge is 0.352 e. The van der Waals surface area contributed by atoms with E-state index in [1.807, 2.05) is 0 Å². The summed E-state index contributed by atoms with van der Waals surface area (Å²) in [5.74, 6) is 1.86. The first-order valence-corrected chi connectivity index (χ1v) is 10.2. The van der Waals surface area contributed by atoms with Gasteiger partial charge in [-0.15, -0.1) is 12.4 Å². The number of carbonyl (C=O) groups is 1. The van der Waals surface area contributed by atoms with Crippen molar-refractivity contribution >= 4 is 18.3 Å². The van der Waals surface area contributed by atoms with Crippen LogP contribution in [0.3, 0.4) is 0 Å². The summed E-state index contributed by atoms with van der Waals surface area (Å²) in [5, 5.41) is 6.79. The van der Waals surface area contributed by atoms with Crippen molar-refractivity contribution in [2.24, 2.45) is 17.3 Å². The highest BCUT2D eigenvalue weighted by Crippen LogP contribution is 2.65. The summed E-state index contributed by atoms with van der Waals surface area (Å²) in [5.41, 5.74) is 2.97. The van der Waals surface area contributed by atoms with Crippen molar-refractivity contribution in [1.29, 1.82) is 0 Å². The molecule has 4 saturated carbocycles. The van der Waals surface area contributed by atoms with Crippen LogP contribution in [0.5, 0.6) is 0 Å². The maximum atomic E-state index is 13.3. The van der Waals surface area contributed by atoms with Gasteiger partial charge in [-0.2, -0.15) is 0 Å². The molecule has 3 unspecified atom stereocenters. The molecule has 3 nitrogen and oxygen atoms in total. The lowest BCUT2D eigenvalue weighted by Gasteiger charge is -2.61. The number of carbonyl (C=O) groups excluding carboxylic acids is 1. The van der Waals surface area contributed by atoms with E-state index in [0.29, 0.717) is 11.9 Å². The fourth-order valence-electron chi connectivity index (χ4n) is 6.89. The van der Waals surface area contributed by atoms with Crippen LogP contribution in [0.25, 0.3) is 0 Å². The SMILES string of the molecule is Cc1ccc(C23CC4CC(CC(C(=O)NC5CCNC5)(C4)C2)C3)cc1.Cl. The van der Waals surface area contributed by atoms with Gasteiger partial charge in [-0.3, -0.25) is 4.79 Å². The fraction of sp³-hybridized carbons (Fsp3) is 0.682. The average molecular weight is 375 g/mol. The lowest BCUT2D eigenvalue weighted by Crippen LogP contribution is -2.60. The maximum absolute atomic E-state index is 13.3. The quantitative estimate of drug-likeness (QED) is 0.846. The van der Waals surface area contributed by atoms with Gasteiger partial charge in [-0.05, 0) is 81.2 Å². The van der Waals surface area contributed by atoms with Gasteiger partial charge >= 0.3 is 0 Å². The third kappa shape index (κ3) is 2.88. The summed E-state index contributed by atoms with van der Waals surface area (Å²) in [6.07, 6.45) is 8.36. The first kappa shape index (κ1) is 18.3. The van der Waals surface area contributed by atoms with Gasteiger partial charge in [0.25, 0.3) is 0 Å². The Morgan fingerprint density at radius 2 is 1.81 bits per heavy atom. The predicted octanol–water partition coefficient (Wildman–Crippen LogP) is 3.73. The standard InChI is InChI=1S/C22H30N2O.ClH/c1-15-2-4-18(5-3-15)21-9-16-8-17(10-21)12-22(11-16,14-21)20(25)24-19-6-7-23-13-19;/h2-5,16-17,19,23H,6-14H2,1H3,(H,24,25);1H. The summed E-state index contributed by atoms with van der Waals surface area (Å²) in [7, 11) is 0. The Bertz CT molecular complexity index is 666. The topological polar surface area (TPSA) is 41.1 Å². The van der Waals surface area contributed by atoms with Gasteiger partial charge in [-0.25, -0.2) is 0 Å². The average Bonchev–Trinajstić information content (AvgIpc) is 3.07.